The summed E-state index contributed by atoms with van der Waals surface area (Å²) < 4.78 is 42.8. The molecule has 0 radical (unpaired) electrons. The molecule has 0 unspecified atom stereocenters. The largest absolute Gasteiger partial charge is 1.00 e. The zero-order chi connectivity index (χ0) is 20.1. The number of fused-ring (bicyclic) bond motifs is 2. The van der Waals surface area contributed by atoms with Crippen molar-refractivity contribution in [3.63, 3.8) is 0 Å². The second kappa shape index (κ2) is 7.97. The van der Waals surface area contributed by atoms with Crippen LogP contribution in [0.2, 0.25) is 0 Å². The van der Waals surface area contributed by atoms with Gasteiger partial charge in [0, 0.05) is 13.1 Å². The minimum absolute atomic E-state index is 0. The van der Waals surface area contributed by atoms with Gasteiger partial charge in [-0.05, 0) is 18.6 Å². The number of nitrogens with two attached hydrogens (primary N) is 1. The third-order valence-corrected chi connectivity index (χ3v) is 4.84. The van der Waals surface area contributed by atoms with E-state index in [-0.39, 0.29) is 59.3 Å². The van der Waals surface area contributed by atoms with Crippen LogP contribution in [-0.2, 0) is 14.7 Å². The van der Waals surface area contributed by atoms with Crippen LogP contribution in [0.1, 0.15) is 28.7 Å². The summed E-state index contributed by atoms with van der Waals surface area (Å²) in [7, 11) is -5.13. The van der Waals surface area contributed by atoms with E-state index in [0.717, 1.165) is 0 Å². The van der Waals surface area contributed by atoms with Gasteiger partial charge in [-0.25, -0.2) is 18.2 Å². The molecule has 3 amide bonds. The number of primary amides is 1. The molecule has 13 nitrogen and oxygen atoms in total. The van der Waals surface area contributed by atoms with Crippen LogP contribution in [0.5, 0.6) is 0 Å². The molecule has 2 aliphatic rings. The van der Waals surface area contributed by atoms with Gasteiger partial charge in [-0.1, -0.05) is 6.07 Å². The third-order valence-electron chi connectivity index (χ3n) is 4.49. The predicted octanol–water partition coefficient (Wildman–Crippen LogP) is -3.78. The second-order valence-corrected chi connectivity index (χ2v) is 7.18. The van der Waals surface area contributed by atoms with E-state index in [1.165, 1.54) is 11.0 Å². The van der Waals surface area contributed by atoms with Gasteiger partial charge in [-0.15, -0.1) is 10.2 Å². The summed E-state index contributed by atoms with van der Waals surface area (Å²) in [5, 5.41) is 8.38. The first-order chi connectivity index (χ1) is 13.2. The van der Waals surface area contributed by atoms with Crippen LogP contribution in [-0.4, -0.2) is 69.2 Å². The number of urea groups is 1. The third kappa shape index (κ3) is 4.26. The van der Waals surface area contributed by atoms with Crippen molar-refractivity contribution in [2.45, 2.75) is 18.4 Å². The van der Waals surface area contributed by atoms with Gasteiger partial charge in [0.05, 0.1) is 12.0 Å². The molecule has 2 atom stereocenters. The minimum atomic E-state index is -5.13. The maximum atomic E-state index is 12.2. The monoisotopic (exact) mass is 432 g/mol. The number of nitrogens with zero attached hydrogens (tertiary/aromatic N) is 5. The number of hydroxylamine groups is 2. The van der Waals surface area contributed by atoms with E-state index >= 15 is 0 Å². The van der Waals surface area contributed by atoms with Crippen molar-refractivity contribution in [3.8, 4) is 11.6 Å². The fourth-order valence-corrected chi connectivity index (χ4v) is 3.65. The van der Waals surface area contributed by atoms with Crippen molar-refractivity contribution in [2.24, 2.45) is 5.73 Å². The molecule has 2 bridgehead atoms. The quantitative estimate of drug-likeness (QED) is 0.279. The number of aromatic nitrogens is 3. The number of pyridine rings is 1. The average molecular weight is 432 g/mol. The van der Waals surface area contributed by atoms with Crippen LogP contribution in [0.3, 0.4) is 0 Å². The minimum Gasteiger partial charge on any atom is -0.724 e. The Kier molecular flexibility index (Phi) is 5.93. The molecule has 4 rings (SSSR count). The Morgan fingerprint density at radius 2 is 2.10 bits per heavy atom. The smallest absolute Gasteiger partial charge is 0.724 e. The van der Waals surface area contributed by atoms with E-state index in [0.29, 0.717) is 18.0 Å². The Morgan fingerprint density at radius 1 is 1.34 bits per heavy atom. The molecule has 0 saturated carbocycles. The summed E-state index contributed by atoms with van der Waals surface area (Å²) in [4.78, 5) is 28.8. The molecule has 2 aromatic rings. The SMILES string of the molecule is NC(=O)c1cccc(-c2nnc([C@@H]3CCN4C[C@@H]3N(OS(=O)(=O)[O-])C4=O)o2)n1.[Na+]. The van der Waals surface area contributed by atoms with Crippen LogP contribution in [0.4, 0.5) is 4.79 Å². The van der Waals surface area contributed by atoms with Gasteiger partial charge in [0.15, 0.2) is 0 Å². The zero-order valence-electron chi connectivity index (χ0n) is 15.1. The van der Waals surface area contributed by atoms with E-state index in [9.17, 15) is 22.6 Å². The van der Waals surface area contributed by atoms with Crippen LogP contribution in [0, 0.1) is 0 Å². The molecule has 2 aromatic heterocycles. The Morgan fingerprint density at radius 3 is 2.79 bits per heavy atom. The van der Waals surface area contributed by atoms with E-state index in [4.69, 9.17) is 10.2 Å². The summed E-state index contributed by atoms with van der Waals surface area (Å²) in [6.45, 7) is 0.442. The van der Waals surface area contributed by atoms with Crippen molar-refractivity contribution in [3.05, 3.63) is 29.8 Å². The Hall–Kier alpha value is -2.10. The molecule has 0 spiro atoms. The number of hydrogen-bond donors (Lipinski definition) is 1. The molecule has 2 aliphatic heterocycles. The van der Waals surface area contributed by atoms with Gasteiger partial charge in [-0.3, -0.25) is 4.79 Å². The van der Waals surface area contributed by atoms with Crippen molar-refractivity contribution in [1.82, 2.24) is 25.1 Å². The first kappa shape index (κ1) is 21.6. The standard InChI is InChI=1S/C14H14N6O7S.Na/c15-11(21)8-2-1-3-9(16-8)13-18-17-12(26-13)7-4-5-19-6-10(7)20(14(19)22)27-28(23,24)25;/h1-3,7,10H,4-6H2,(H2,15,21)(H,23,24,25);/q;+1/p-1/t7-,10+;/m1./s1. The number of amides is 3. The molecule has 0 aliphatic carbocycles. The molecule has 2 N–H and O–H groups in total. The van der Waals surface area contributed by atoms with Crippen molar-refractivity contribution in [2.75, 3.05) is 13.1 Å². The zero-order valence-corrected chi connectivity index (χ0v) is 17.9. The molecule has 15 heteroatoms. The molecule has 2 saturated heterocycles. The van der Waals surface area contributed by atoms with E-state index < -0.39 is 34.3 Å². The van der Waals surface area contributed by atoms with Gasteiger partial charge >= 0.3 is 35.6 Å². The van der Waals surface area contributed by atoms with Gasteiger partial charge in [0.2, 0.25) is 16.3 Å². The summed E-state index contributed by atoms with van der Waals surface area (Å²) in [6.07, 6.45) is 0.394. The number of piperidine rings is 1. The van der Waals surface area contributed by atoms with Crippen LogP contribution in [0.25, 0.3) is 11.6 Å². The molecule has 0 aromatic carbocycles. The predicted molar refractivity (Wildman–Crippen MR) is 86.8 cm³/mol. The van der Waals surface area contributed by atoms with Gasteiger partial charge in [0.1, 0.15) is 11.4 Å². The normalized spacial score (nSPS) is 21.2. The molecular formula is C14H13N6NaO7S. The number of carbonyl (C=O) groups excluding carboxylic acids is 2. The van der Waals surface area contributed by atoms with Gasteiger partial charge < -0.3 is 19.6 Å². The van der Waals surface area contributed by atoms with E-state index in [1.807, 2.05) is 0 Å². The number of rotatable bonds is 5. The fourth-order valence-electron chi connectivity index (χ4n) is 3.28. The number of carbonyl (C=O) groups is 2. The fraction of sp³-hybridized carbons (Fsp3) is 0.357. The first-order valence-electron chi connectivity index (χ1n) is 8.07. The van der Waals surface area contributed by atoms with Crippen LogP contribution >= 0.6 is 0 Å². The van der Waals surface area contributed by atoms with E-state index in [1.54, 1.807) is 12.1 Å². The maximum absolute atomic E-state index is 12.2. The summed E-state index contributed by atoms with van der Waals surface area (Å²) in [6, 6.07) is 3.02. The van der Waals surface area contributed by atoms with Crippen molar-refractivity contribution >= 4 is 22.3 Å². The van der Waals surface area contributed by atoms with Crippen molar-refractivity contribution in [1.29, 1.82) is 0 Å². The molecule has 148 valence electrons. The second-order valence-electron chi connectivity index (χ2n) is 6.22. The Balaban J connectivity index is 0.00000240. The van der Waals surface area contributed by atoms with Crippen LogP contribution < -0.4 is 35.3 Å². The molecule has 4 heterocycles. The first-order valence-corrected chi connectivity index (χ1v) is 9.40. The maximum Gasteiger partial charge on any atom is 1.00 e. The molecule has 2 fully saturated rings. The van der Waals surface area contributed by atoms with Gasteiger partial charge in [0.25, 0.3) is 11.8 Å². The average Bonchev–Trinajstić information content (AvgIpc) is 3.22. The Labute approximate surface area is 186 Å². The summed E-state index contributed by atoms with van der Waals surface area (Å²) in [5.41, 5.74) is 5.45. The van der Waals surface area contributed by atoms with E-state index in [2.05, 4.69) is 19.5 Å². The van der Waals surface area contributed by atoms with Gasteiger partial charge in [-0.2, -0.15) is 9.35 Å². The molecular weight excluding hydrogens is 419 g/mol. The van der Waals surface area contributed by atoms with Crippen LogP contribution in [0.15, 0.2) is 22.6 Å². The molecule has 29 heavy (non-hydrogen) atoms. The summed E-state index contributed by atoms with van der Waals surface area (Å²) >= 11 is 0. The summed E-state index contributed by atoms with van der Waals surface area (Å²) in [5.74, 6) is -1.12. The topological polar surface area (TPSA) is 185 Å². The van der Waals surface area contributed by atoms with Crippen molar-refractivity contribution < 1.29 is 60.8 Å². The Bertz CT molecular complexity index is 1060. The number of hydrogen-bond acceptors (Lipinski definition) is 10.